The van der Waals surface area contributed by atoms with E-state index in [9.17, 15) is 5.11 Å². The molecular weight excluding hydrogens is 150 g/mol. The van der Waals surface area contributed by atoms with Crippen LogP contribution in [0.25, 0.3) is 0 Å². The first-order valence-corrected chi connectivity index (χ1v) is 3.67. The standard InChI is InChI=1S/C10H15NO/c1-5-7-8-11(4)9(3)10(12)6-2/h5-8,12H,1-2H2,3-4H3/b8-7-,10-9?. The molecule has 0 aromatic carbocycles. The van der Waals surface area contributed by atoms with Crippen LogP contribution in [0.1, 0.15) is 6.92 Å². The lowest BCUT2D eigenvalue weighted by atomic mass is 10.3. The molecule has 2 heteroatoms. The minimum atomic E-state index is 0.186. The van der Waals surface area contributed by atoms with Gasteiger partial charge in [-0.25, -0.2) is 0 Å². The smallest absolute Gasteiger partial charge is 0.134 e. The third-order valence-corrected chi connectivity index (χ3v) is 1.54. The highest BCUT2D eigenvalue weighted by Crippen LogP contribution is 2.06. The van der Waals surface area contributed by atoms with Crippen LogP contribution in [0.15, 0.2) is 49.0 Å². The van der Waals surface area contributed by atoms with Crippen molar-refractivity contribution in [2.24, 2.45) is 0 Å². The van der Waals surface area contributed by atoms with E-state index in [-0.39, 0.29) is 5.76 Å². The van der Waals surface area contributed by atoms with Gasteiger partial charge in [0, 0.05) is 13.2 Å². The van der Waals surface area contributed by atoms with Crippen LogP contribution in [-0.4, -0.2) is 17.1 Å². The normalized spacial score (nSPS) is 12.5. The third-order valence-electron chi connectivity index (χ3n) is 1.54. The first-order chi connectivity index (χ1) is 5.63. The van der Waals surface area contributed by atoms with Crippen molar-refractivity contribution >= 4 is 0 Å². The maximum Gasteiger partial charge on any atom is 0.134 e. The molecule has 0 aliphatic heterocycles. The molecule has 0 bridgehead atoms. The molecule has 0 saturated carbocycles. The SMILES string of the molecule is C=C/C=C\N(C)C(C)=C(O)C=C. The fourth-order valence-electron chi connectivity index (χ4n) is 0.630. The highest BCUT2D eigenvalue weighted by molar-refractivity contribution is 5.16. The number of aliphatic hydroxyl groups is 1. The van der Waals surface area contributed by atoms with Gasteiger partial charge in [-0.2, -0.15) is 0 Å². The van der Waals surface area contributed by atoms with Gasteiger partial charge in [-0.3, -0.25) is 0 Å². The summed E-state index contributed by atoms with van der Waals surface area (Å²) in [4.78, 5) is 1.79. The quantitative estimate of drug-likeness (QED) is 0.511. The van der Waals surface area contributed by atoms with Gasteiger partial charge in [0.05, 0.1) is 5.70 Å². The van der Waals surface area contributed by atoms with E-state index in [1.807, 2.05) is 20.2 Å². The monoisotopic (exact) mass is 165 g/mol. The average molecular weight is 165 g/mol. The van der Waals surface area contributed by atoms with Crippen LogP contribution >= 0.6 is 0 Å². The van der Waals surface area contributed by atoms with Crippen molar-refractivity contribution in [1.82, 2.24) is 4.90 Å². The van der Waals surface area contributed by atoms with Gasteiger partial charge in [-0.1, -0.05) is 19.2 Å². The highest BCUT2D eigenvalue weighted by atomic mass is 16.3. The molecule has 12 heavy (non-hydrogen) atoms. The second kappa shape index (κ2) is 5.24. The predicted molar refractivity (Wildman–Crippen MR) is 52.6 cm³/mol. The Balaban J connectivity index is 4.47. The van der Waals surface area contributed by atoms with Gasteiger partial charge in [0.15, 0.2) is 0 Å². The lowest BCUT2D eigenvalue weighted by Crippen LogP contribution is -2.09. The summed E-state index contributed by atoms with van der Waals surface area (Å²) >= 11 is 0. The molecule has 0 radical (unpaired) electrons. The highest BCUT2D eigenvalue weighted by Gasteiger charge is 1.98. The van der Waals surface area contributed by atoms with Crippen molar-refractivity contribution in [3.05, 3.63) is 49.0 Å². The Morgan fingerprint density at radius 2 is 2.00 bits per heavy atom. The molecule has 1 N–H and O–H groups in total. The molecule has 0 aliphatic carbocycles. The predicted octanol–water partition coefficient (Wildman–Crippen LogP) is 2.59. The fourth-order valence-corrected chi connectivity index (χ4v) is 0.630. The van der Waals surface area contributed by atoms with Gasteiger partial charge in [0.2, 0.25) is 0 Å². The Kier molecular flexibility index (Phi) is 4.61. The Labute approximate surface area is 73.8 Å². The number of nitrogens with zero attached hydrogens (tertiary/aromatic N) is 1. The Morgan fingerprint density at radius 1 is 1.42 bits per heavy atom. The van der Waals surface area contributed by atoms with E-state index in [1.54, 1.807) is 17.1 Å². The third kappa shape index (κ3) is 3.10. The van der Waals surface area contributed by atoms with E-state index in [0.29, 0.717) is 0 Å². The first-order valence-electron chi connectivity index (χ1n) is 3.67. The van der Waals surface area contributed by atoms with Crippen molar-refractivity contribution in [3.63, 3.8) is 0 Å². The fraction of sp³-hybridized carbons (Fsp3) is 0.200. The molecule has 66 valence electrons. The minimum Gasteiger partial charge on any atom is -0.506 e. The maximum absolute atomic E-state index is 9.26. The molecule has 2 nitrogen and oxygen atoms in total. The van der Waals surface area contributed by atoms with Crippen LogP contribution in [0.3, 0.4) is 0 Å². The number of hydrogen-bond donors (Lipinski definition) is 1. The van der Waals surface area contributed by atoms with E-state index in [2.05, 4.69) is 13.2 Å². The molecular formula is C10H15NO. The first kappa shape index (κ1) is 10.6. The number of rotatable bonds is 4. The number of allylic oxidation sites excluding steroid dienone is 4. The van der Waals surface area contributed by atoms with Gasteiger partial charge in [-0.05, 0) is 19.1 Å². The molecule has 0 aromatic heterocycles. The van der Waals surface area contributed by atoms with E-state index in [0.717, 1.165) is 5.70 Å². The van der Waals surface area contributed by atoms with E-state index < -0.39 is 0 Å². The summed E-state index contributed by atoms with van der Waals surface area (Å²) in [7, 11) is 1.84. The molecule has 0 atom stereocenters. The summed E-state index contributed by atoms with van der Waals surface area (Å²) in [6, 6.07) is 0. The molecule has 0 aromatic rings. The van der Waals surface area contributed by atoms with E-state index in [1.165, 1.54) is 6.08 Å². The number of aliphatic hydroxyl groups excluding tert-OH is 1. The molecule has 0 spiro atoms. The summed E-state index contributed by atoms with van der Waals surface area (Å²) in [5, 5.41) is 9.26. The lowest BCUT2D eigenvalue weighted by molar-refractivity contribution is 0.398. The zero-order valence-corrected chi connectivity index (χ0v) is 7.62. The zero-order valence-electron chi connectivity index (χ0n) is 7.62. The van der Waals surface area contributed by atoms with Gasteiger partial charge in [0.25, 0.3) is 0 Å². The molecule has 0 amide bonds. The average Bonchev–Trinajstić information content (AvgIpc) is 2.11. The van der Waals surface area contributed by atoms with Crippen LogP contribution in [0, 0.1) is 0 Å². The van der Waals surface area contributed by atoms with Crippen molar-refractivity contribution in [3.8, 4) is 0 Å². The van der Waals surface area contributed by atoms with Gasteiger partial charge in [-0.15, -0.1) is 0 Å². The summed E-state index contributed by atoms with van der Waals surface area (Å²) in [6.45, 7) is 8.82. The van der Waals surface area contributed by atoms with Crippen LogP contribution in [-0.2, 0) is 0 Å². The second-order valence-electron chi connectivity index (χ2n) is 2.36. The molecule has 0 unspecified atom stereocenters. The van der Waals surface area contributed by atoms with Crippen molar-refractivity contribution in [1.29, 1.82) is 0 Å². The Morgan fingerprint density at radius 3 is 2.42 bits per heavy atom. The van der Waals surface area contributed by atoms with Gasteiger partial charge in [0.1, 0.15) is 5.76 Å². The van der Waals surface area contributed by atoms with Gasteiger partial charge < -0.3 is 10.0 Å². The lowest BCUT2D eigenvalue weighted by Gasteiger charge is -2.14. The molecule has 0 aliphatic rings. The second-order valence-corrected chi connectivity index (χ2v) is 2.36. The largest absolute Gasteiger partial charge is 0.506 e. The summed E-state index contributed by atoms with van der Waals surface area (Å²) in [5.41, 5.74) is 0.753. The van der Waals surface area contributed by atoms with Crippen LogP contribution in [0.4, 0.5) is 0 Å². The van der Waals surface area contributed by atoms with Crippen LogP contribution in [0.2, 0.25) is 0 Å². The van der Waals surface area contributed by atoms with E-state index in [4.69, 9.17) is 0 Å². The summed E-state index contributed by atoms with van der Waals surface area (Å²) < 4.78 is 0. The minimum absolute atomic E-state index is 0.186. The zero-order chi connectivity index (χ0) is 9.56. The van der Waals surface area contributed by atoms with Crippen molar-refractivity contribution in [2.75, 3.05) is 7.05 Å². The Bertz CT molecular complexity index is 226. The molecule has 0 fully saturated rings. The van der Waals surface area contributed by atoms with Crippen molar-refractivity contribution in [2.45, 2.75) is 6.92 Å². The van der Waals surface area contributed by atoms with Crippen LogP contribution < -0.4 is 0 Å². The summed E-state index contributed by atoms with van der Waals surface area (Å²) in [5.74, 6) is 0.186. The topological polar surface area (TPSA) is 23.5 Å². The molecule has 0 saturated heterocycles. The van der Waals surface area contributed by atoms with Crippen LogP contribution in [0.5, 0.6) is 0 Å². The number of hydrogen-bond acceptors (Lipinski definition) is 2. The van der Waals surface area contributed by atoms with E-state index >= 15 is 0 Å². The van der Waals surface area contributed by atoms with Gasteiger partial charge >= 0.3 is 0 Å². The molecule has 0 heterocycles. The maximum atomic E-state index is 9.26. The van der Waals surface area contributed by atoms with Crippen molar-refractivity contribution < 1.29 is 5.11 Å². The molecule has 0 rings (SSSR count). The Hall–Kier alpha value is -1.44. The summed E-state index contributed by atoms with van der Waals surface area (Å²) in [6.07, 6.45) is 6.68.